The van der Waals surface area contributed by atoms with Gasteiger partial charge in [-0.15, -0.1) is 0 Å². The Bertz CT molecular complexity index is 6340. The van der Waals surface area contributed by atoms with Gasteiger partial charge in [0.1, 0.15) is 22.6 Å². The third-order valence-electron chi connectivity index (χ3n) is 23.6. The zero-order chi connectivity index (χ0) is 83.2. The zero-order valence-electron chi connectivity index (χ0n) is 70.5. The predicted molar refractivity (Wildman–Crippen MR) is 486 cm³/mol. The molecule has 12 heteroatoms. The van der Waals surface area contributed by atoms with E-state index in [2.05, 4.69) is 329 Å². The first-order valence-electron chi connectivity index (χ1n) is 40.7. The number of fused-ring (bicyclic) bond motifs is 20. The quantitative estimate of drug-likeness (QED) is 0.103. The summed E-state index contributed by atoms with van der Waals surface area (Å²) in [5, 5.41) is 23.5. The lowest BCUT2D eigenvalue weighted by Gasteiger charge is -2.21. The molecule has 0 atom stereocenters. The van der Waals surface area contributed by atoms with Gasteiger partial charge in [0.15, 0.2) is 23.3 Å². The molecule has 0 aliphatic carbocycles. The maximum atomic E-state index is 12.5. The van der Waals surface area contributed by atoms with Crippen LogP contribution in [-0.2, 0) is 32.5 Å². The lowest BCUT2D eigenvalue weighted by molar-refractivity contribution is 0.0686. The van der Waals surface area contributed by atoms with Gasteiger partial charge < -0.3 is 20.2 Å². The Kier molecular flexibility index (Phi) is 18.7. The highest BCUT2D eigenvalue weighted by Gasteiger charge is 2.31. The molecule has 0 spiro atoms. The fourth-order valence-corrected chi connectivity index (χ4v) is 16.4. The fraction of sp³-hybridized carbons (Fsp3) is 0.226. The topological polar surface area (TPSA) is 184 Å². The van der Waals surface area contributed by atoms with Gasteiger partial charge >= 0.3 is 11.9 Å². The maximum Gasteiger partial charge on any atom is 0.335 e. The van der Waals surface area contributed by atoms with Crippen LogP contribution in [0.4, 0.5) is 0 Å². The van der Waals surface area contributed by atoms with Gasteiger partial charge in [0, 0.05) is 43.8 Å². The van der Waals surface area contributed by atoms with Crippen LogP contribution >= 0.6 is 0 Å². The Hall–Kier alpha value is -13.1. The van der Waals surface area contributed by atoms with Crippen molar-refractivity contribution >= 4 is 56.1 Å². The van der Waals surface area contributed by atoms with Crippen LogP contribution in [0.5, 0.6) is 0 Å². The van der Waals surface area contributed by atoms with E-state index in [4.69, 9.17) is 29.9 Å². The second-order valence-electron chi connectivity index (χ2n) is 38.1. The van der Waals surface area contributed by atoms with Gasteiger partial charge in [0.05, 0.1) is 11.1 Å². The molecule has 586 valence electrons. The first-order valence-corrected chi connectivity index (χ1v) is 40.7. The Morgan fingerprint density at radius 3 is 0.517 bits per heavy atom. The highest BCUT2D eigenvalue weighted by Crippen LogP contribution is 2.49. The Morgan fingerprint density at radius 1 is 0.212 bits per heavy atom. The minimum absolute atomic E-state index is 0.0900. The molecule has 17 rings (SSSR count). The number of hydrogen-bond donors (Lipinski definition) is 4. The van der Waals surface area contributed by atoms with E-state index >= 15 is 0 Å². The second kappa shape index (κ2) is 28.4. The molecule has 12 nitrogen and oxygen atoms in total. The molecule has 0 saturated heterocycles. The number of hydrogen-bond acceptors (Lipinski definition) is 8. The number of carboxylic acid groups (broad SMARTS) is 2. The number of H-pyrrole nitrogens is 2. The number of aromatic amines is 2. The number of carboxylic acids is 2. The van der Waals surface area contributed by atoms with E-state index in [-0.39, 0.29) is 43.6 Å². The molecule has 12 aromatic carbocycles. The van der Waals surface area contributed by atoms with Gasteiger partial charge in [-0.25, -0.2) is 39.5 Å². The number of aromatic nitrogens is 8. The van der Waals surface area contributed by atoms with Crippen molar-refractivity contribution in [3.63, 3.8) is 0 Å². The molecular formula is C106H98N8O4. The molecule has 0 saturated carbocycles. The highest BCUT2D eigenvalue weighted by atomic mass is 16.4. The fourth-order valence-electron chi connectivity index (χ4n) is 16.4. The van der Waals surface area contributed by atoms with Crippen molar-refractivity contribution in [2.24, 2.45) is 0 Å². The molecule has 15 aromatic rings. The second-order valence-corrected chi connectivity index (χ2v) is 38.1. The van der Waals surface area contributed by atoms with Crippen LogP contribution in [0.25, 0.3) is 179 Å². The zero-order valence-corrected chi connectivity index (χ0v) is 70.5. The molecule has 4 N–H and O–H groups in total. The summed E-state index contributed by atoms with van der Waals surface area (Å²) in [6.45, 7) is 40.3. The number of carbonyl (C=O) groups is 2. The van der Waals surface area contributed by atoms with Crippen LogP contribution in [-0.4, -0.2) is 62.0 Å². The molecule has 2 aliphatic rings. The summed E-state index contributed by atoms with van der Waals surface area (Å²) in [4.78, 5) is 67.4. The Morgan fingerprint density at radius 2 is 0.364 bits per heavy atom. The minimum Gasteiger partial charge on any atom is -0.478 e. The summed E-state index contributed by atoms with van der Waals surface area (Å²) in [5.41, 5.74) is 26.9. The van der Waals surface area contributed by atoms with E-state index in [1.54, 1.807) is 48.5 Å². The number of aromatic carboxylic acids is 2. The average Bonchev–Trinajstić information content (AvgIpc) is 1.57. The first kappa shape index (κ1) is 77.5. The van der Waals surface area contributed by atoms with Crippen molar-refractivity contribution in [3.8, 4) is 135 Å². The van der Waals surface area contributed by atoms with Crippen LogP contribution in [0, 0.1) is 0 Å². The van der Waals surface area contributed by atoms with Crippen LogP contribution in [0.2, 0.25) is 0 Å². The summed E-state index contributed by atoms with van der Waals surface area (Å²) in [5.74, 6) is -0.478. The minimum atomic E-state index is -1.06. The van der Waals surface area contributed by atoms with E-state index in [1.165, 1.54) is 33.4 Å². The number of benzene rings is 12. The lowest BCUT2D eigenvalue weighted by atomic mass is 9.84. The third kappa shape index (κ3) is 14.6. The first-order chi connectivity index (χ1) is 55.8. The molecule has 3 aromatic heterocycles. The van der Waals surface area contributed by atoms with Crippen LogP contribution in [0.3, 0.4) is 0 Å². The van der Waals surface area contributed by atoms with Crippen LogP contribution in [0.1, 0.15) is 179 Å². The largest absolute Gasteiger partial charge is 0.478 e. The van der Waals surface area contributed by atoms with Gasteiger partial charge in [0.2, 0.25) is 0 Å². The van der Waals surface area contributed by atoms with E-state index in [9.17, 15) is 19.8 Å². The van der Waals surface area contributed by atoms with E-state index < -0.39 is 11.9 Å². The summed E-state index contributed by atoms with van der Waals surface area (Å²) >= 11 is 0. The Balaban J connectivity index is 1.04. The van der Waals surface area contributed by atoms with Gasteiger partial charge in [-0.2, -0.15) is 0 Å². The molecule has 0 fully saturated rings. The van der Waals surface area contributed by atoms with Crippen molar-refractivity contribution in [2.45, 2.75) is 157 Å². The molecular weight excluding hydrogens is 1450 g/mol. The van der Waals surface area contributed by atoms with Crippen molar-refractivity contribution in [1.29, 1.82) is 0 Å². The average molecular weight is 1550 g/mol. The number of nitrogens with zero attached hydrogens (tertiary/aromatic N) is 6. The maximum absolute atomic E-state index is 12.5. The normalized spacial score (nSPS) is 12.6. The summed E-state index contributed by atoms with van der Waals surface area (Å²) < 4.78 is 0. The third-order valence-corrected chi connectivity index (χ3v) is 23.6. The number of nitrogens with one attached hydrogen (secondary N) is 2. The number of rotatable bonds is 10. The standard InChI is InChI=1S/C106H98N8O4/c1-101(2,3)69-39-27-61(28-40-69)77-53-85-87(55-79(77)63-31-43-71(44-32-63)103(7,8)9)95-110-93(85)108-91-83-51-75(59-19-23-67(24-20-59)99(115)116)76(60-21-25-68(26-22-60)100(117)118)52-84(83)92(107-91)109-94-86-54-78(62-29-41-70(42-30-62)102(4,5)6)80(64-33-45-72(46-34-64)104(10,11)12)56-88(86)96(111-94)113-98-90-58-82(66-37-49-74(50-38-66)106(16,17)18)81(57-89(90)97(112-95)114-98)65-35-47-73(48-36-65)105(13,14)15/h19-58H,1-18H3,(H,115,116)(H,117,118)(H2,107,108,109,110,111,112,113,114). The molecule has 0 radical (unpaired) electrons. The Labute approximate surface area is 690 Å². The van der Waals surface area contributed by atoms with E-state index in [0.717, 1.165) is 111 Å². The van der Waals surface area contributed by atoms with Gasteiger partial charge in [-0.1, -0.05) is 294 Å². The molecule has 0 amide bonds. The van der Waals surface area contributed by atoms with E-state index in [0.29, 0.717) is 67.8 Å². The van der Waals surface area contributed by atoms with Crippen molar-refractivity contribution in [3.05, 3.63) is 287 Å². The van der Waals surface area contributed by atoms with Crippen molar-refractivity contribution < 1.29 is 19.8 Å². The molecule has 8 bridgehead atoms. The van der Waals surface area contributed by atoms with Crippen LogP contribution < -0.4 is 0 Å². The van der Waals surface area contributed by atoms with E-state index in [1.807, 2.05) is 0 Å². The molecule has 2 aliphatic heterocycles. The van der Waals surface area contributed by atoms with Gasteiger partial charge in [-0.05, 0) is 228 Å². The lowest BCUT2D eigenvalue weighted by Crippen LogP contribution is -2.10. The molecule has 5 heterocycles. The van der Waals surface area contributed by atoms with Crippen molar-refractivity contribution in [1.82, 2.24) is 39.9 Å². The van der Waals surface area contributed by atoms with Crippen molar-refractivity contribution in [2.75, 3.05) is 0 Å². The van der Waals surface area contributed by atoms with Gasteiger partial charge in [-0.3, -0.25) is 0 Å². The summed E-state index contributed by atoms with van der Waals surface area (Å²) in [6, 6.07) is 84.8. The SMILES string of the molecule is CC(C)(C)c1ccc(-c2cc3c(cc2-c2ccc(C(C)(C)C)cc2)-c2nc-3nc3[nH]c(nc4nc(nc5[nH]c(n2)c2cc(-c6ccc(C(C)(C)C)cc6)c(-c6ccc(C(C)(C)C)cc6)cc52)-c2cc(-c5ccc(C(C)(C)C)cc5)c(-c5ccc(C(C)(C)C)cc5)cc2-4)c2cc(-c4ccc(C(=O)O)cc4)c(-c4ccc(C(=O)O)cc4)cc32)cc1. The summed E-state index contributed by atoms with van der Waals surface area (Å²) in [6.07, 6.45) is 0. The predicted octanol–water partition coefficient (Wildman–Crippen LogP) is 27.4. The smallest absolute Gasteiger partial charge is 0.335 e. The summed E-state index contributed by atoms with van der Waals surface area (Å²) in [7, 11) is 0. The van der Waals surface area contributed by atoms with Crippen LogP contribution in [0.15, 0.2) is 243 Å². The monoisotopic (exact) mass is 1550 g/mol. The van der Waals surface area contributed by atoms with Gasteiger partial charge in [0.25, 0.3) is 0 Å². The molecule has 0 unspecified atom stereocenters. The molecule has 118 heavy (non-hydrogen) atoms. The highest BCUT2D eigenvalue weighted by molar-refractivity contribution is 6.12.